The molecular formula is C21H24N2O3S. The van der Waals surface area contributed by atoms with Gasteiger partial charge in [-0.05, 0) is 37.1 Å². The topological polar surface area (TPSA) is 58.6 Å². The molecular weight excluding hydrogens is 360 g/mol. The Morgan fingerprint density at radius 3 is 2.74 bits per heavy atom. The molecule has 2 heterocycles. The molecule has 6 heteroatoms. The van der Waals surface area contributed by atoms with Crippen molar-refractivity contribution in [3.63, 3.8) is 0 Å². The summed E-state index contributed by atoms with van der Waals surface area (Å²) in [6, 6.07) is 9.62. The van der Waals surface area contributed by atoms with Crippen molar-refractivity contribution in [1.29, 1.82) is 0 Å². The van der Waals surface area contributed by atoms with E-state index in [0.29, 0.717) is 17.2 Å². The number of ether oxygens (including phenoxy) is 1. The summed E-state index contributed by atoms with van der Waals surface area (Å²) in [5, 5.41) is 3.47. The highest BCUT2D eigenvalue weighted by Crippen LogP contribution is 2.37. The molecule has 1 aliphatic rings. The van der Waals surface area contributed by atoms with Crippen LogP contribution in [0.2, 0.25) is 0 Å². The molecule has 0 spiro atoms. The van der Waals surface area contributed by atoms with Gasteiger partial charge in [-0.25, -0.2) is 4.79 Å². The van der Waals surface area contributed by atoms with Gasteiger partial charge in [-0.15, -0.1) is 11.3 Å². The number of hydrogen-bond acceptors (Lipinski definition) is 5. The Labute approximate surface area is 163 Å². The normalized spacial score (nSPS) is 14.1. The van der Waals surface area contributed by atoms with Crippen molar-refractivity contribution in [3.8, 4) is 0 Å². The van der Waals surface area contributed by atoms with Crippen LogP contribution in [-0.2, 0) is 22.5 Å². The van der Waals surface area contributed by atoms with E-state index in [1.165, 1.54) is 17.4 Å². The summed E-state index contributed by atoms with van der Waals surface area (Å²) in [7, 11) is 0. The van der Waals surface area contributed by atoms with Crippen LogP contribution >= 0.6 is 11.3 Å². The van der Waals surface area contributed by atoms with Crippen LogP contribution in [0.25, 0.3) is 6.08 Å². The van der Waals surface area contributed by atoms with Crippen molar-refractivity contribution in [3.05, 3.63) is 58.0 Å². The molecule has 0 radical (unpaired) electrons. The van der Waals surface area contributed by atoms with Gasteiger partial charge >= 0.3 is 5.97 Å². The molecule has 0 fully saturated rings. The van der Waals surface area contributed by atoms with Crippen LogP contribution in [0.15, 0.2) is 36.4 Å². The van der Waals surface area contributed by atoms with Crippen LogP contribution < -0.4 is 5.32 Å². The number of anilines is 1. The van der Waals surface area contributed by atoms with Gasteiger partial charge < -0.3 is 10.1 Å². The summed E-state index contributed by atoms with van der Waals surface area (Å²) >= 11 is 1.48. The molecule has 5 nitrogen and oxygen atoms in total. The average Bonchev–Trinajstić information content (AvgIpc) is 3.04. The SMILES string of the molecule is CCOC(=O)c1c(NC(=O)/C=C\c2ccccc2)sc2c1CCN(CC)C2. The molecule has 1 aliphatic heterocycles. The first-order valence-electron chi connectivity index (χ1n) is 9.20. The van der Waals surface area contributed by atoms with E-state index in [4.69, 9.17) is 4.74 Å². The van der Waals surface area contributed by atoms with Crippen molar-refractivity contribution in [2.45, 2.75) is 26.8 Å². The molecule has 1 amide bonds. The number of carbonyl (C=O) groups is 2. The molecule has 0 saturated carbocycles. The molecule has 0 bridgehead atoms. The minimum atomic E-state index is -0.359. The van der Waals surface area contributed by atoms with E-state index in [9.17, 15) is 9.59 Å². The van der Waals surface area contributed by atoms with Gasteiger partial charge in [-0.1, -0.05) is 37.3 Å². The van der Waals surface area contributed by atoms with Crippen molar-refractivity contribution >= 4 is 34.3 Å². The number of hydrogen-bond donors (Lipinski definition) is 1. The zero-order valence-corrected chi connectivity index (χ0v) is 16.5. The number of carbonyl (C=O) groups excluding carboxylic acids is 2. The number of nitrogens with zero attached hydrogens (tertiary/aromatic N) is 1. The summed E-state index contributed by atoms with van der Waals surface area (Å²) < 4.78 is 5.24. The lowest BCUT2D eigenvalue weighted by molar-refractivity contribution is -0.111. The first-order chi connectivity index (χ1) is 13.1. The van der Waals surface area contributed by atoms with Gasteiger partial charge in [0.1, 0.15) is 5.00 Å². The quantitative estimate of drug-likeness (QED) is 0.605. The number of thiophene rings is 1. The number of esters is 1. The zero-order valence-electron chi connectivity index (χ0n) is 15.7. The van der Waals surface area contributed by atoms with Crippen molar-refractivity contribution in [1.82, 2.24) is 4.90 Å². The second-order valence-electron chi connectivity index (χ2n) is 6.28. The van der Waals surface area contributed by atoms with E-state index in [2.05, 4.69) is 17.1 Å². The molecule has 0 atom stereocenters. The summed E-state index contributed by atoms with van der Waals surface area (Å²) in [5.74, 6) is -0.613. The fraction of sp³-hybridized carbons (Fsp3) is 0.333. The van der Waals surface area contributed by atoms with E-state index < -0.39 is 0 Å². The third-order valence-electron chi connectivity index (χ3n) is 4.53. The van der Waals surface area contributed by atoms with Crippen LogP contribution in [0.1, 0.15) is 40.2 Å². The largest absolute Gasteiger partial charge is 0.462 e. The molecule has 3 rings (SSSR count). The minimum Gasteiger partial charge on any atom is -0.462 e. The van der Waals surface area contributed by atoms with E-state index >= 15 is 0 Å². The maximum Gasteiger partial charge on any atom is 0.341 e. The van der Waals surface area contributed by atoms with E-state index in [1.807, 2.05) is 30.3 Å². The number of likely N-dealkylation sites (N-methyl/N-ethyl adjacent to an activating group) is 1. The highest BCUT2D eigenvalue weighted by atomic mass is 32.1. The Bertz CT molecular complexity index is 843. The highest BCUT2D eigenvalue weighted by Gasteiger charge is 2.28. The fourth-order valence-corrected chi connectivity index (χ4v) is 4.40. The molecule has 0 saturated heterocycles. The number of fused-ring (bicyclic) bond motifs is 1. The maximum absolute atomic E-state index is 12.5. The minimum absolute atomic E-state index is 0.254. The molecule has 0 aliphatic carbocycles. The Kier molecular flexibility index (Phi) is 6.42. The Balaban J connectivity index is 1.83. The van der Waals surface area contributed by atoms with Crippen LogP contribution in [0.5, 0.6) is 0 Å². The Morgan fingerprint density at radius 2 is 2.04 bits per heavy atom. The van der Waals surface area contributed by atoms with Gasteiger partial charge in [0.15, 0.2) is 0 Å². The lowest BCUT2D eigenvalue weighted by Crippen LogP contribution is -2.30. The third kappa shape index (κ3) is 4.64. The monoisotopic (exact) mass is 384 g/mol. The van der Waals surface area contributed by atoms with Gasteiger partial charge in [0.25, 0.3) is 0 Å². The summed E-state index contributed by atoms with van der Waals surface area (Å²) in [6.07, 6.45) is 4.04. The molecule has 27 heavy (non-hydrogen) atoms. The lowest BCUT2D eigenvalue weighted by atomic mass is 10.0. The molecule has 2 aromatic rings. The van der Waals surface area contributed by atoms with Crippen molar-refractivity contribution < 1.29 is 14.3 Å². The predicted molar refractivity (Wildman–Crippen MR) is 109 cm³/mol. The zero-order chi connectivity index (χ0) is 19.2. The fourth-order valence-electron chi connectivity index (χ4n) is 3.12. The number of rotatable bonds is 6. The lowest BCUT2D eigenvalue weighted by Gasteiger charge is -2.25. The number of nitrogens with one attached hydrogen (secondary N) is 1. The smallest absolute Gasteiger partial charge is 0.341 e. The summed E-state index contributed by atoms with van der Waals surface area (Å²) in [4.78, 5) is 28.4. The average molecular weight is 385 g/mol. The summed E-state index contributed by atoms with van der Waals surface area (Å²) in [5.41, 5.74) is 2.49. The number of benzene rings is 1. The van der Waals surface area contributed by atoms with Crippen molar-refractivity contribution in [2.24, 2.45) is 0 Å². The highest BCUT2D eigenvalue weighted by molar-refractivity contribution is 7.17. The predicted octanol–water partition coefficient (Wildman–Crippen LogP) is 3.95. The summed E-state index contributed by atoms with van der Waals surface area (Å²) in [6.45, 7) is 6.91. The second-order valence-corrected chi connectivity index (χ2v) is 7.39. The van der Waals surface area contributed by atoms with Crippen LogP contribution in [0, 0.1) is 0 Å². The van der Waals surface area contributed by atoms with Crippen LogP contribution in [0.3, 0.4) is 0 Å². The first kappa shape index (κ1) is 19.3. The van der Waals surface area contributed by atoms with Gasteiger partial charge in [-0.2, -0.15) is 0 Å². The van der Waals surface area contributed by atoms with Gasteiger partial charge in [-0.3, -0.25) is 9.69 Å². The van der Waals surface area contributed by atoms with E-state index in [1.54, 1.807) is 13.0 Å². The molecule has 1 N–H and O–H groups in total. The van der Waals surface area contributed by atoms with E-state index in [-0.39, 0.29) is 11.9 Å². The second kappa shape index (κ2) is 8.97. The standard InChI is InChI=1S/C21H24N2O3S/c1-3-23-13-12-16-17(14-23)27-20(19(16)21(25)26-4-2)22-18(24)11-10-15-8-6-5-7-9-15/h5-11H,3-4,12-14H2,1-2H3,(H,22,24)/b11-10-. The molecule has 1 aromatic carbocycles. The Hall–Kier alpha value is -2.44. The van der Waals surface area contributed by atoms with Crippen molar-refractivity contribution in [2.75, 3.05) is 25.0 Å². The van der Waals surface area contributed by atoms with Gasteiger partial charge in [0, 0.05) is 24.0 Å². The van der Waals surface area contributed by atoms with Crippen LogP contribution in [0.4, 0.5) is 5.00 Å². The van der Waals surface area contributed by atoms with Crippen LogP contribution in [-0.4, -0.2) is 36.5 Å². The molecule has 0 unspecified atom stereocenters. The Morgan fingerprint density at radius 1 is 1.26 bits per heavy atom. The number of amides is 1. The maximum atomic E-state index is 12.5. The van der Waals surface area contributed by atoms with Gasteiger partial charge in [0.05, 0.1) is 12.2 Å². The van der Waals surface area contributed by atoms with E-state index in [0.717, 1.165) is 42.1 Å². The first-order valence-corrected chi connectivity index (χ1v) is 10.0. The van der Waals surface area contributed by atoms with Gasteiger partial charge in [0.2, 0.25) is 5.91 Å². The molecule has 142 valence electrons. The third-order valence-corrected chi connectivity index (χ3v) is 5.66. The molecule has 1 aromatic heterocycles.